The molecule has 0 bridgehead atoms. The molecule has 0 radical (unpaired) electrons. The number of aromatic nitrogens is 2. The van der Waals surface area contributed by atoms with Crippen molar-refractivity contribution in [3.8, 4) is 22.8 Å². The van der Waals surface area contributed by atoms with Crippen LogP contribution in [0.4, 0.5) is 4.39 Å². The molecule has 2 N–H and O–H groups in total. The van der Waals surface area contributed by atoms with Gasteiger partial charge in [-0.25, -0.2) is 4.39 Å². The topological polar surface area (TPSA) is 76.2 Å². The molecule has 0 aliphatic carbocycles. The first-order valence-corrected chi connectivity index (χ1v) is 9.00. The van der Waals surface area contributed by atoms with E-state index in [2.05, 4.69) is 15.5 Å². The highest BCUT2D eigenvalue weighted by Gasteiger charge is 2.15. The number of nitrogens with one attached hydrogen (secondary N) is 2. The van der Waals surface area contributed by atoms with Crippen LogP contribution in [-0.4, -0.2) is 29.8 Å². The van der Waals surface area contributed by atoms with Crippen molar-refractivity contribution >= 4 is 5.91 Å². The molecule has 0 aliphatic heterocycles. The SMILES string of the molecule is CCCOc1ccc(F)cc1-c1cc(C(=O)NCc2ccccc2OC)[nH]n1. The summed E-state index contributed by atoms with van der Waals surface area (Å²) in [4.78, 5) is 12.5. The molecular weight excluding hydrogens is 361 g/mol. The summed E-state index contributed by atoms with van der Waals surface area (Å²) in [7, 11) is 1.58. The zero-order valence-electron chi connectivity index (χ0n) is 15.8. The number of carbonyl (C=O) groups excluding carboxylic acids is 1. The maximum atomic E-state index is 13.7. The molecule has 2 aromatic carbocycles. The Bertz CT molecular complexity index is 956. The van der Waals surface area contributed by atoms with Gasteiger partial charge in [0.05, 0.1) is 19.4 Å². The van der Waals surface area contributed by atoms with E-state index in [0.29, 0.717) is 35.9 Å². The molecule has 3 rings (SSSR count). The predicted molar refractivity (Wildman–Crippen MR) is 104 cm³/mol. The summed E-state index contributed by atoms with van der Waals surface area (Å²) in [6.45, 7) is 2.80. The van der Waals surface area contributed by atoms with Crippen molar-refractivity contribution in [2.75, 3.05) is 13.7 Å². The molecule has 0 aliphatic rings. The van der Waals surface area contributed by atoms with Crippen molar-refractivity contribution in [2.24, 2.45) is 0 Å². The van der Waals surface area contributed by atoms with Gasteiger partial charge in [0.2, 0.25) is 0 Å². The highest BCUT2D eigenvalue weighted by molar-refractivity contribution is 5.93. The monoisotopic (exact) mass is 383 g/mol. The van der Waals surface area contributed by atoms with Crippen LogP contribution >= 0.6 is 0 Å². The van der Waals surface area contributed by atoms with Crippen LogP contribution in [0.5, 0.6) is 11.5 Å². The number of methoxy groups -OCH3 is 1. The molecule has 1 amide bonds. The van der Waals surface area contributed by atoms with E-state index >= 15 is 0 Å². The minimum absolute atomic E-state index is 0.274. The number of ether oxygens (including phenoxy) is 2. The molecule has 1 heterocycles. The molecule has 28 heavy (non-hydrogen) atoms. The molecule has 0 unspecified atom stereocenters. The Kier molecular flexibility index (Phi) is 6.26. The van der Waals surface area contributed by atoms with Gasteiger partial charge in [-0.05, 0) is 36.8 Å². The molecule has 0 spiro atoms. The molecule has 0 fully saturated rings. The van der Waals surface area contributed by atoms with Gasteiger partial charge < -0.3 is 14.8 Å². The second kappa shape index (κ2) is 9.03. The first-order valence-electron chi connectivity index (χ1n) is 9.00. The van der Waals surface area contributed by atoms with Gasteiger partial charge in [0.1, 0.15) is 23.0 Å². The second-order valence-electron chi connectivity index (χ2n) is 6.15. The fourth-order valence-electron chi connectivity index (χ4n) is 2.74. The molecule has 3 aromatic rings. The van der Waals surface area contributed by atoms with Gasteiger partial charge in [-0.15, -0.1) is 0 Å². The molecule has 6 nitrogen and oxygen atoms in total. The summed E-state index contributed by atoms with van der Waals surface area (Å²) < 4.78 is 24.7. The first-order chi connectivity index (χ1) is 13.6. The van der Waals surface area contributed by atoms with Gasteiger partial charge in [0.25, 0.3) is 5.91 Å². The fourth-order valence-corrected chi connectivity index (χ4v) is 2.74. The lowest BCUT2D eigenvalue weighted by Crippen LogP contribution is -2.23. The number of H-pyrrole nitrogens is 1. The van der Waals surface area contributed by atoms with E-state index in [1.165, 1.54) is 12.1 Å². The number of hydrogen-bond acceptors (Lipinski definition) is 4. The number of para-hydroxylation sites is 1. The van der Waals surface area contributed by atoms with Gasteiger partial charge >= 0.3 is 0 Å². The minimum Gasteiger partial charge on any atom is -0.496 e. The second-order valence-corrected chi connectivity index (χ2v) is 6.15. The van der Waals surface area contributed by atoms with E-state index in [1.807, 2.05) is 31.2 Å². The lowest BCUT2D eigenvalue weighted by Gasteiger charge is -2.09. The molecule has 0 saturated heterocycles. The Morgan fingerprint density at radius 2 is 2.00 bits per heavy atom. The number of nitrogens with zero attached hydrogens (tertiary/aromatic N) is 1. The van der Waals surface area contributed by atoms with E-state index in [4.69, 9.17) is 9.47 Å². The summed E-state index contributed by atoms with van der Waals surface area (Å²) in [6.07, 6.45) is 0.827. The predicted octanol–water partition coefficient (Wildman–Crippen LogP) is 3.94. The number of hydrogen-bond donors (Lipinski definition) is 2. The smallest absolute Gasteiger partial charge is 0.269 e. The van der Waals surface area contributed by atoms with E-state index in [-0.39, 0.29) is 11.6 Å². The molecular formula is C21H22FN3O3. The highest BCUT2D eigenvalue weighted by Crippen LogP contribution is 2.30. The van der Waals surface area contributed by atoms with Crippen molar-refractivity contribution in [1.82, 2.24) is 15.5 Å². The first kappa shape index (κ1) is 19.4. The Hall–Kier alpha value is -3.35. The lowest BCUT2D eigenvalue weighted by molar-refractivity contribution is 0.0945. The maximum absolute atomic E-state index is 13.7. The normalized spacial score (nSPS) is 10.5. The van der Waals surface area contributed by atoms with Crippen LogP contribution in [0, 0.1) is 5.82 Å². The third kappa shape index (κ3) is 4.49. The van der Waals surface area contributed by atoms with Gasteiger partial charge in [0, 0.05) is 17.7 Å². The van der Waals surface area contributed by atoms with Crippen molar-refractivity contribution in [3.05, 3.63) is 65.6 Å². The molecule has 1 aromatic heterocycles. The van der Waals surface area contributed by atoms with Gasteiger partial charge in [-0.2, -0.15) is 5.10 Å². The Morgan fingerprint density at radius 3 is 2.79 bits per heavy atom. The van der Waals surface area contributed by atoms with Gasteiger partial charge in [0.15, 0.2) is 0 Å². The molecule has 0 atom stereocenters. The zero-order chi connectivity index (χ0) is 19.9. The number of aromatic amines is 1. The molecule has 146 valence electrons. The van der Waals surface area contributed by atoms with Crippen LogP contribution < -0.4 is 14.8 Å². The Morgan fingerprint density at radius 1 is 1.18 bits per heavy atom. The maximum Gasteiger partial charge on any atom is 0.269 e. The highest BCUT2D eigenvalue weighted by atomic mass is 19.1. The van der Waals surface area contributed by atoms with Crippen LogP contribution in [-0.2, 0) is 6.54 Å². The van der Waals surface area contributed by atoms with Crippen LogP contribution in [0.15, 0.2) is 48.5 Å². The Balaban J connectivity index is 1.75. The number of rotatable bonds is 8. The van der Waals surface area contributed by atoms with E-state index in [9.17, 15) is 9.18 Å². The third-order valence-electron chi connectivity index (χ3n) is 4.13. The van der Waals surface area contributed by atoms with E-state index in [1.54, 1.807) is 19.2 Å². The van der Waals surface area contributed by atoms with E-state index < -0.39 is 5.82 Å². The quantitative estimate of drug-likeness (QED) is 0.618. The summed E-state index contributed by atoms with van der Waals surface area (Å²) in [6, 6.07) is 13.3. The van der Waals surface area contributed by atoms with Crippen molar-refractivity contribution < 1.29 is 18.7 Å². The van der Waals surface area contributed by atoms with Crippen LogP contribution in [0.3, 0.4) is 0 Å². The van der Waals surface area contributed by atoms with Crippen molar-refractivity contribution in [2.45, 2.75) is 19.9 Å². The van der Waals surface area contributed by atoms with Gasteiger partial charge in [-0.1, -0.05) is 25.1 Å². The average molecular weight is 383 g/mol. The minimum atomic E-state index is -0.399. The van der Waals surface area contributed by atoms with Crippen molar-refractivity contribution in [1.29, 1.82) is 0 Å². The van der Waals surface area contributed by atoms with E-state index in [0.717, 1.165) is 12.0 Å². The fraction of sp³-hybridized carbons (Fsp3) is 0.238. The van der Waals surface area contributed by atoms with Crippen LogP contribution in [0.1, 0.15) is 29.4 Å². The standard InChI is InChI=1S/C21H22FN3O3/c1-3-10-28-20-9-8-15(22)11-16(20)17-12-18(25-24-17)21(26)23-13-14-6-4-5-7-19(14)27-2/h4-9,11-12H,3,10,13H2,1-2H3,(H,23,26)(H,24,25). The summed E-state index contributed by atoms with van der Waals surface area (Å²) in [5.41, 5.74) is 2.07. The number of amides is 1. The summed E-state index contributed by atoms with van der Waals surface area (Å²) >= 11 is 0. The molecule has 0 saturated carbocycles. The molecule has 7 heteroatoms. The number of carbonyl (C=O) groups is 1. The Labute approximate surface area is 162 Å². The summed E-state index contributed by atoms with van der Waals surface area (Å²) in [5, 5.41) is 9.67. The van der Waals surface area contributed by atoms with Crippen LogP contribution in [0.2, 0.25) is 0 Å². The van der Waals surface area contributed by atoms with Crippen molar-refractivity contribution in [3.63, 3.8) is 0 Å². The zero-order valence-corrected chi connectivity index (χ0v) is 15.8. The lowest BCUT2D eigenvalue weighted by atomic mass is 10.1. The largest absolute Gasteiger partial charge is 0.496 e. The third-order valence-corrected chi connectivity index (χ3v) is 4.13. The van der Waals surface area contributed by atoms with Gasteiger partial charge in [-0.3, -0.25) is 9.89 Å². The number of benzene rings is 2. The average Bonchev–Trinajstić information content (AvgIpc) is 3.21. The summed E-state index contributed by atoms with van der Waals surface area (Å²) in [5.74, 6) is 0.502. The van der Waals surface area contributed by atoms with Crippen LogP contribution in [0.25, 0.3) is 11.3 Å². The number of halogens is 1.